The Morgan fingerprint density at radius 2 is 2.13 bits per heavy atom. The number of carbonyl (C=O) groups is 1. The third-order valence-electron chi connectivity index (χ3n) is 5.48. The van der Waals surface area contributed by atoms with Gasteiger partial charge in [0.15, 0.2) is 6.61 Å². The summed E-state index contributed by atoms with van der Waals surface area (Å²) in [5.74, 6) is 0.584. The summed E-state index contributed by atoms with van der Waals surface area (Å²) in [5.41, 5.74) is 5.77. The molecule has 0 radical (unpaired) electrons. The van der Waals surface area contributed by atoms with E-state index in [1.807, 2.05) is 19.9 Å². The zero-order chi connectivity index (χ0) is 22.0. The molecule has 1 amide bonds. The Morgan fingerprint density at radius 1 is 1.29 bits per heavy atom. The standard InChI is InChI=1S/C23H23F2N3O3/c1-13-22(14(2)31-28-13)18-5-3-4-15-6-8-17(10-19(15)18)27-23(29)16-7-9-21(26-11-16)30-12-20(24)25/h3-5,7,9,11,17,20H,6,8,10,12H2,1-2H3,(H,27,29). The van der Waals surface area contributed by atoms with Crippen LogP contribution in [0.2, 0.25) is 0 Å². The van der Waals surface area contributed by atoms with Gasteiger partial charge in [0, 0.05) is 23.9 Å². The fourth-order valence-electron chi connectivity index (χ4n) is 4.03. The number of ether oxygens (including phenoxy) is 1. The molecule has 2 aromatic heterocycles. The van der Waals surface area contributed by atoms with Gasteiger partial charge >= 0.3 is 0 Å². The molecule has 1 aliphatic carbocycles. The first-order chi connectivity index (χ1) is 14.9. The van der Waals surface area contributed by atoms with Crippen LogP contribution in [0.5, 0.6) is 5.88 Å². The first kappa shape index (κ1) is 21.0. The normalized spacial score (nSPS) is 15.6. The number of benzene rings is 1. The lowest BCUT2D eigenvalue weighted by Gasteiger charge is -2.27. The van der Waals surface area contributed by atoms with E-state index < -0.39 is 13.0 Å². The first-order valence-electron chi connectivity index (χ1n) is 10.1. The van der Waals surface area contributed by atoms with Crippen molar-refractivity contribution in [2.75, 3.05) is 6.61 Å². The molecule has 4 rings (SSSR count). The van der Waals surface area contributed by atoms with E-state index in [-0.39, 0.29) is 17.8 Å². The number of alkyl halides is 2. The van der Waals surface area contributed by atoms with Gasteiger partial charge in [0.05, 0.1) is 11.3 Å². The van der Waals surface area contributed by atoms with Gasteiger partial charge < -0.3 is 14.6 Å². The maximum atomic E-state index is 12.7. The number of rotatable bonds is 6. The lowest BCUT2D eigenvalue weighted by atomic mass is 9.83. The van der Waals surface area contributed by atoms with Crippen molar-refractivity contribution >= 4 is 5.91 Å². The van der Waals surface area contributed by atoms with Crippen LogP contribution in [0.25, 0.3) is 11.1 Å². The molecule has 8 heteroatoms. The van der Waals surface area contributed by atoms with Gasteiger partial charge in [-0.15, -0.1) is 0 Å². The van der Waals surface area contributed by atoms with Gasteiger partial charge in [-0.3, -0.25) is 4.79 Å². The van der Waals surface area contributed by atoms with E-state index in [4.69, 9.17) is 9.26 Å². The average Bonchev–Trinajstić information content (AvgIpc) is 3.10. The molecule has 6 nitrogen and oxygen atoms in total. The molecule has 162 valence electrons. The summed E-state index contributed by atoms with van der Waals surface area (Å²) < 4.78 is 34.7. The van der Waals surface area contributed by atoms with Crippen molar-refractivity contribution in [1.82, 2.24) is 15.5 Å². The number of carbonyl (C=O) groups excluding carboxylic acids is 1. The molecule has 1 N–H and O–H groups in total. The van der Waals surface area contributed by atoms with E-state index in [1.54, 1.807) is 0 Å². The zero-order valence-electron chi connectivity index (χ0n) is 17.3. The predicted molar refractivity (Wildman–Crippen MR) is 110 cm³/mol. The van der Waals surface area contributed by atoms with Crippen LogP contribution in [0.1, 0.15) is 39.4 Å². The van der Waals surface area contributed by atoms with Crippen LogP contribution in [0.15, 0.2) is 41.1 Å². The number of hydrogen-bond donors (Lipinski definition) is 1. The Balaban J connectivity index is 1.48. The molecule has 1 aromatic carbocycles. The average molecular weight is 427 g/mol. The molecule has 1 aliphatic rings. The Kier molecular flexibility index (Phi) is 5.97. The Labute approximate surface area is 178 Å². The molecule has 31 heavy (non-hydrogen) atoms. The maximum Gasteiger partial charge on any atom is 0.272 e. The van der Waals surface area contributed by atoms with Crippen molar-refractivity contribution in [3.63, 3.8) is 0 Å². The second-order valence-corrected chi connectivity index (χ2v) is 7.64. The monoisotopic (exact) mass is 427 g/mol. The summed E-state index contributed by atoms with van der Waals surface area (Å²) in [6, 6.07) is 9.14. The van der Waals surface area contributed by atoms with E-state index in [0.29, 0.717) is 12.0 Å². The van der Waals surface area contributed by atoms with Crippen molar-refractivity contribution in [2.24, 2.45) is 0 Å². The molecule has 0 saturated carbocycles. The lowest BCUT2D eigenvalue weighted by molar-refractivity contribution is 0.0794. The van der Waals surface area contributed by atoms with Crippen molar-refractivity contribution in [2.45, 2.75) is 45.6 Å². The lowest BCUT2D eigenvalue weighted by Crippen LogP contribution is -2.39. The van der Waals surface area contributed by atoms with E-state index in [1.165, 1.54) is 29.5 Å². The van der Waals surface area contributed by atoms with E-state index in [9.17, 15) is 13.6 Å². The first-order valence-corrected chi connectivity index (χ1v) is 10.1. The molecule has 0 fully saturated rings. The number of nitrogens with one attached hydrogen (secondary N) is 1. The fraction of sp³-hybridized carbons (Fsp3) is 0.348. The number of aromatic nitrogens is 2. The molecule has 0 bridgehead atoms. The van der Waals surface area contributed by atoms with Gasteiger partial charge in [-0.2, -0.15) is 0 Å². The van der Waals surface area contributed by atoms with Crippen LogP contribution < -0.4 is 10.1 Å². The van der Waals surface area contributed by atoms with Crippen molar-refractivity contribution in [3.8, 4) is 17.0 Å². The minimum Gasteiger partial charge on any atom is -0.472 e. The summed E-state index contributed by atoms with van der Waals surface area (Å²) in [5, 5.41) is 7.14. The van der Waals surface area contributed by atoms with E-state index in [2.05, 4.69) is 27.6 Å². The van der Waals surface area contributed by atoms with E-state index >= 15 is 0 Å². The van der Waals surface area contributed by atoms with Gasteiger partial charge in [0.25, 0.3) is 12.3 Å². The number of amides is 1. The fourth-order valence-corrected chi connectivity index (χ4v) is 4.03. The molecule has 1 unspecified atom stereocenters. The predicted octanol–water partition coefficient (Wildman–Crippen LogP) is 4.28. The summed E-state index contributed by atoms with van der Waals surface area (Å²) in [4.78, 5) is 16.6. The molecule has 0 saturated heterocycles. The van der Waals surface area contributed by atoms with Crippen LogP contribution in [0.3, 0.4) is 0 Å². The van der Waals surface area contributed by atoms with Crippen LogP contribution >= 0.6 is 0 Å². The largest absolute Gasteiger partial charge is 0.472 e. The highest BCUT2D eigenvalue weighted by molar-refractivity contribution is 5.94. The maximum absolute atomic E-state index is 12.7. The minimum atomic E-state index is -2.57. The van der Waals surface area contributed by atoms with E-state index in [0.717, 1.165) is 35.4 Å². The van der Waals surface area contributed by atoms with Crippen LogP contribution in [0, 0.1) is 13.8 Å². The minimum absolute atomic E-state index is 0.0311. The zero-order valence-corrected chi connectivity index (χ0v) is 17.3. The number of aryl methyl sites for hydroxylation is 3. The number of pyridine rings is 1. The van der Waals surface area contributed by atoms with Crippen LogP contribution in [-0.2, 0) is 12.8 Å². The van der Waals surface area contributed by atoms with Gasteiger partial charge in [-0.25, -0.2) is 13.8 Å². The molecule has 3 aromatic rings. The second-order valence-electron chi connectivity index (χ2n) is 7.64. The quantitative estimate of drug-likeness (QED) is 0.635. The summed E-state index contributed by atoms with van der Waals surface area (Å²) in [7, 11) is 0. The van der Waals surface area contributed by atoms with Gasteiger partial charge in [0.1, 0.15) is 5.76 Å². The highest BCUT2D eigenvalue weighted by atomic mass is 19.3. The number of fused-ring (bicyclic) bond motifs is 1. The smallest absolute Gasteiger partial charge is 0.272 e. The van der Waals surface area contributed by atoms with Gasteiger partial charge in [0.2, 0.25) is 5.88 Å². The topological polar surface area (TPSA) is 77.2 Å². The molecule has 2 heterocycles. The summed E-state index contributed by atoms with van der Waals surface area (Å²) >= 11 is 0. The van der Waals surface area contributed by atoms with Crippen molar-refractivity contribution in [1.29, 1.82) is 0 Å². The van der Waals surface area contributed by atoms with Gasteiger partial charge in [-0.1, -0.05) is 23.4 Å². The summed E-state index contributed by atoms with van der Waals surface area (Å²) in [6.45, 7) is 3.10. The molecule has 1 atom stereocenters. The Bertz CT molecular complexity index is 1060. The Hall–Kier alpha value is -3.29. The number of nitrogens with zero attached hydrogens (tertiary/aromatic N) is 2. The molecular formula is C23H23F2N3O3. The molecule has 0 spiro atoms. The van der Waals surface area contributed by atoms with Crippen molar-refractivity contribution < 1.29 is 22.8 Å². The van der Waals surface area contributed by atoms with Crippen LogP contribution in [-0.4, -0.2) is 35.1 Å². The highest BCUT2D eigenvalue weighted by Gasteiger charge is 2.25. The molecule has 0 aliphatic heterocycles. The second kappa shape index (κ2) is 8.83. The summed E-state index contributed by atoms with van der Waals surface area (Å²) in [6.07, 6.45) is 1.14. The Morgan fingerprint density at radius 3 is 2.81 bits per heavy atom. The van der Waals surface area contributed by atoms with Gasteiger partial charge in [-0.05, 0) is 55.9 Å². The molecular weight excluding hydrogens is 404 g/mol. The third-order valence-corrected chi connectivity index (χ3v) is 5.48. The van der Waals surface area contributed by atoms with Crippen molar-refractivity contribution in [3.05, 3.63) is 64.7 Å². The SMILES string of the molecule is Cc1noc(C)c1-c1cccc2c1CC(NC(=O)c1ccc(OCC(F)F)nc1)CC2. The number of halogens is 2. The highest BCUT2D eigenvalue weighted by Crippen LogP contribution is 2.35. The third kappa shape index (κ3) is 4.57. The van der Waals surface area contributed by atoms with Crippen LogP contribution in [0.4, 0.5) is 8.78 Å². The number of hydrogen-bond acceptors (Lipinski definition) is 5.